The summed E-state index contributed by atoms with van der Waals surface area (Å²) in [5, 5.41) is 0. The van der Waals surface area contributed by atoms with Crippen LogP contribution in [-0.2, 0) is 17.7 Å². The zero-order chi connectivity index (χ0) is 11.2. The third kappa shape index (κ3) is 4.17. The maximum Gasteiger partial charge on any atom is 0.418 e. The predicted molar refractivity (Wildman–Crippen MR) is 59.0 cm³/mol. The molecule has 0 aromatic carbocycles. The van der Waals surface area contributed by atoms with E-state index in [9.17, 15) is 0 Å². The summed E-state index contributed by atoms with van der Waals surface area (Å²) in [7, 11) is 0.214. The summed E-state index contributed by atoms with van der Waals surface area (Å²) in [6, 6.07) is 0. The van der Waals surface area contributed by atoms with Gasteiger partial charge in [-0.3, -0.25) is 4.65 Å². The Balaban J connectivity index is 4.41. The molecule has 0 aromatic heterocycles. The molecule has 0 spiro atoms. The van der Waals surface area contributed by atoms with Crippen molar-refractivity contribution in [1.29, 1.82) is 0 Å². The molecule has 86 valence electrons. The first-order valence-electron chi connectivity index (χ1n) is 4.54. The van der Waals surface area contributed by atoms with Crippen molar-refractivity contribution in [3.05, 3.63) is 0 Å². The van der Waals surface area contributed by atoms with Crippen molar-refractivity contribution in [3.63, 3.8) is 0 Å². The molecule has 0 heterocycles. The second kappa shape index (κ2) is 5.96. The first kappa shape index (κ1) is 14.2. The van der Waals surface area contributed by atoms with Crippen molar-refractivity contribution in [1.82, 2.24) is 4.65 Å². The molecule has 0 saturated carbocycles. The Morgan fingerprint density at radius 3 is 1.64 bits per heavy atom. The molecule has 0 aliphatic carbocycles. The highest BCUT2D eigenvalue weighted by atomic mass is 28.4. The van der Waals surface area contributed by atoms with Gasteiger partial charge in [0.1, 0.15) is 0 Å². The highest BCUT2D eigenvalue weighted by molar-refractivity contribution is 6.80. The number of rotatable bonds is 7. The van der Waals surface area contributed by atoms with Gasteiger partial charge in [-0.1, -0.05) is 0 Å². The van der Waals surface area contributed by atoms with Gasteiger partial charge in [0.2, 0.25) is 0 Å². The van der Waals surface area contributed by atoms with Gasteiger partial charge in [-0.2, -0.15) is 0 Å². The maximum atomic E-state index is 5.56. The predicted octanol–water partition coefficient (Wildman–Crippen LogP) is 0.689. The first-order chi connectivity index (χ1) is 6.45. The molecule has 7 heteroatoms. The molecule has 0 saturated heterocycles. The van der Waals surface area contributed by atoms with E-state index in [-0.39, 0.29) is 0 Å². The van der Waals surface area contributed by atoms with Crippen molar-refractivity contribution in [2.24, 2.45) is 0 Å². The van der Waals surface area contributed by atoms with Crippen molar-refractivity contribution >= 4 is 17.4 Å². The van der Waals surface area contributed by atoms with Crippen LogP contribution in [0.15, 0.2) is 0 Å². The minimum absolute atomic E-state index is 0.613. The zero-order valence-electron chi connectivity index (χ0n) is 9.84. The molecule has 0 aliphatic rings. The lowest BCUT2D eigenvalue weighted by molar-refractivity contribution is 0.190. The van der Waals surface area contributed by atoms with Crippen LogP contribution in [0.25, 0.3) is 0 Å². The molecule has 0 radical (unpaired) electrons. The summed E-state index contributed by atoms with van der Waals surface area (Å²) < 4.78 is 24.8. The van der Waals surface area contributed by atoms with Gasteiger partial charge < -0.3 is 17.7 Å². The van der Waals surface area contributed by atoms with Gasteiger partial charge in [-0.25, -0.2) is 0 Å². The van der Waals surface area contributed by atoms with Crippen molar-refractivity contribution < 1.29 is 17.7 Å². The average Bonchev–Trinajstić information content (AvgIpc) is 2.18. The second-order valence-electron chi connectivity index (χ2n) is 3.06. The summed E-state index contributed by atoms with van der Waals surface area (Å²) in [5.74, 6) is 0. The number of nitrogens with one attached hydrogen (secondary N) is 1. The Hall–Kier alpha value is 0.234. The van der Waals surface area contributed by atoms with E-state index in [2.05, 4.69) is 4.65 Å². The fourth-order valence-electron chi connectivity index (χ4n) is 1.02. The van der Waals surface area contributed by atoms with Crippen LogP contribution >= 0.6 is 0 Å². The molecule has 0 rings (SSSR count). The highest BCUT2D eigenvalue weighted by Gasteiger charge is 2.43. The molecule has 0 aromatic rings. The third-order valence-corrected chi connectivity index (χ3v) is 8.85. The molecular formula is C7H21NO4Si2. The maximum absolute atomic E-state index is 5.56. The van der Waals surface area contributed by atoms with Gasteiger partial charge in [0, 0.05) is 27.9 Å². The van der Waals surface area contributed by atoms with Crippen LogP contribution in [-0.4, -0.2) is 45.4 Å². The van der Waals surface area contributed by atoms with Crippen molar-refractivity contribution in [2.45, 2.75) is 20.0 Å². The van der Waals surface area contributed by atoms with Crippen LogP contribution in [0.1, 0.15) is 6.92 Å². The Bertz CT molecular complexity index is 168. The van der Waals surface area contributed by atoms with E-state index in [1.165, 1.54) is 0 Å². The monoisotopic (exact) mass is 239 g/mol. The Kier molecular flexibility index (Phi) is 6.06. The molecule has 14 heavy (non-hydrogen) atoms. The quantitative estimate of drug-likeness (QED) is 0.662. The molecule has 0 bridgehead atoms. The smallest absolute Gasteiger partial charge is 0.386 e. The van der Waals surface area contributed by atoms with Gasteiger partial charge >= 0.3 is 17.4 Å². The van der Waals surface area contributed by atoms with Gasteiger partial charge in [0.25, 0.3) is 0 Å². The van der Waals surface area contributed by atoms with E-state index in [0.717, 1.165) is 0 Å². The van der Waals surface area contributed by atoms with Gasteiger partial charge in [0.15, 0.2) is 0 Å². The number of hydrogen-bond acceptors (Lipinski definition) is 5. The van der Waals surface area contributed by atoms with Crippen LogP contribution in [0, 0.1) is 0 Å². The van der Waals surface area contributed by atoms with E-state index >= 15 is 0 Å². The molecule has 1 N–H and O–H groups in total. The standard InChI is InChI=1S/C7H21NO4Si2/c1-7-12-14(6,11-4)8-13(5,9-2)10-3/h8H,7H2,1-6H3. The van der Waals surface area contributed by atoms with Gasteiger partial charge in [0.05, 0.1) is 0 Å². The lowest BCUT2D eigenvalue weighted by atomic mass is 10.9. The Morgan fingerprint density at radius 1 is 0.929 bits per heavy atom. The van der Waals surface area contributed by atoms with Gasteiger partial charge in [-0.15, -0.1) is 0 Å². The van der Waals surface area contributed by atoms with Crippen LogP contribution in [0.5, 0.6) is 0 Å². The number of hydrogen-bond donors (Lipinski definition) is 1. The van der Waals surface area contributed by atoms with Gasteiger partial charge in [-0.05, 0) is 20.0 Å². The lowest BCUT2D eigenvalue weighted by Crippen LogP contribution is -2.67. The zero-order valence-corrected chi connectivity index (χ0v) is 11.8. The molecule has 1 unspecified atom stereocenters. The lowest BCUT2D eigenvalue weighted by Gasteiger charge is -2.33. The minimum atomic E-state index is -2.34. The molecular weight excluding hydrogens is 218 g/mol. The molecule has 0 aliphatic heterocycles. The summed E-state index contributed by atoms with van der Waals surface area (Å²) >= 11 is 0. The largest absolute Gasteiger partial charge is 0.418 e. The van der Waals surface area contributed by atoms with E-state index in [4.69, 9.17) is 17.7 Å². The fraction of sp³-hybridized carbons (Fsp3) is 1.00. The normalized spacial score (nSPS) is 16.7. The Labute approximate surface area is 88.3 Å². The fourth-order valence-corrected chi connectivity index (χ4v) is 6.67. The second-order valence-corrected chi connectivity index (χ2v) is 9.36. The van der Waals surface area contributed by atoms with E-state index < -0.39 is 17.4 Å². The van der Waals surface area contributed by atoms with Crippen LogP contribution in [0.4, 0.5) is 0 Å². The molecule has 1 atom stereocenters. The first-order valence-corrected chi connectivity index (χ1v) is 9.17. The summed E-state index contributed by atoms with van der Waals surface area (Å²) in [4.78, 5) is 0. The van der Waals surface area contributed by atoms with Crippen LogP contribution < -0.4 is 4.65 Å². The van der Waals surface area contributed by atoms with Crippen molar-refractivity contribution in [3.8, 4) is 0 Å². The summed E-state index contributed by atoms with van der Waals surface area (Å²) in [6.07, 6.45) is 0. The summed E-state index contributed by atoms with van der Waals surface area (Å²) in [6.45, 7) is 6.39. The summed E-state index contributed by atoms with van der Waals surface area (Å²) in [5.41, 5.74) is 0. The average molecular weight is 239 g/mol. The Morgan fingerprint density at radius 2 is 1.36 bits per heavy atom. The molecule has 0 fully saturated rings. The van der Waals surface area contributed by atoms with E-state index in [0.29, 0.717) is 6.61 Å². The third-order valence-electron chi connectivity index (χ3n) is 2.04. The highest BCUT2D eigenvalue weighted by Crippen LogP contribution is 2.08. The topological polar surface area (TPSA) is 49.0 Å². The molecule has 0 amide bonds. The van der Waals surface area contributed by atoms with Crippen LogP contribution in [0.3, 0.4) is 0 Å². The van der Waals surface area contributed by atoms with Crippen LogP contribution in [0.2, 0.25) is 13.1 Å². The van der Waals surface area contributed by atoms with E-state index in [1.807, 2.05) is 20.0 Å². The minimum Gasteiger partial charge on any atom is -0.386 e. The molecule has 5 nitrogen and oxygen atoms in total. The van der Waals surface area contributed by atoms with Crippen molar-refractivity contribution in [2.75, 3.05) is 27.9 Å². The van der Waals surface area contributed by atoms with E-state index in [1.54, 1.807) is 21.3 Å². The SMILES string of the molecule is CCO[Si](C)(N[Si](C)(OC)OC)OC.